The van der Waals surface area contributed by atoms with E-state index in [1.165, 1.54) is 12.1 Å². The van der Waals surface area contributed by atoms with Gasteiger partial charge in [0, 0.05) is 6.61 Å². The Kier molecular flexibility index (Phi) is 5.14. The normalized spacial score (nSPS) is 19.2. The third kappa shape index (κ3) is 4.15. The first-order valence-corrected chi connectivity index (χ1v) is 6.90. The molecular formula is C14H15ClFNO4. The highest BCUT2D eigenvalue weighted by Crippen LogP contribution is 2.23. The third-order valence-corrected chi connectivity index (χ3v) is 3.65. The molecule has 0 saturated carbocycles. The Morgan fingerprint density at radius 2 is 2.29 bits per heavy atom. The fourth-order valence-electron chi connectivity index (χ4n) is 2.19. The van der Waals surface area contributed by atoms with E-state index in [0.717, 1.165) is 6.07 Å². The lowest BCUT2D eigenvalue weighted by Gasteiger charge is -2.19. The first-order valence-electron chi connectivity index (χ1n) is 6.52. The van der Waals surface area contributed by atoms with E-state index in [4.69, 9.17) is 21.4 Å². The standard InChI is InChI=1S/C14H15ClFNO4/c15-10-2-1-8(5-11(10)16)12(6-13(18)19)17-14(20)9-3-4-21-7-9/h1-2,5,9,12H,3-4,6-7H2,(H,17,20)(H,18,19)/t9-,12-/m1/s1. The topological polar surface area (TPSA) is 75.6 Å². The summed E-state index contributed by atoms with van der Waals surface area (Å²) in [5.74, 6) is -2.31. The van der Waals surface area contributed by atoms with E-state index in [2.05, 4.69) is 5.32 Å². The van der Waals surface area contributed by atoms with E-state index < -0.39 is 17.8 Å². The van der Waals surface area contributed by atoms with E-state index in [1.54, 1.807) is 0 Å². The fourth-order valence-corrected chi connectivity index (χ4v) is 2.30. The van der Waals surface area contributed by atoms with Gasteiger partial charge in [0.05, 0.1) is 30.0 Å². The maximum Gasteiger partial charge on any atom is 0.305 e. The van der Waals surface area contributed by atoms with Crippen molar-refractivity contribution in [3.8, 4) is 0 Å². The number of nitrogens with one attached hydrogen (secondary N) is 1. The number of halogens is 2. The largest absolute Gasteiger partial charge is 0.481 e. The smallest absolute Gasteiger partial charge is 0.305 e. The lowest BCUT2D eigenvalue weighted by molar-refractivity contribution is -0.138. The summed E-state index contributed by atoms with van der Waals surface area (Å²) in [7, 11) is 0. The molecule has 2 rings (SSSR count). The van der Waals surface area contributed by atoms with E-state index in [9.17, 15) is 14.0 Å². The van der Waals surface area contributed by atoms with Crippen LogP contribution in [0.25, 0.3) is 0 Å². The number of hydrogen-bond donors (Lipinski definition) is 2. The number of carboxylic acid groups (broad SMARTS) is 1. The second kappa shape index (κ2) is 6.87. The molecule has 1 aromatic carbocycles. The maximum atomic E-state index is 13.5. The van der Waals surface area contributed by atoms with Crippen LogP contribution in [-0.2, 0) is 14.3 Å². The molecule has 1 aliphatic rings. The zero-order valence-electron chi connectivity index (χ0n) is 11.1. The van der Waals surface area contributed by atoms with Crippen LogP contribution in [0.1, 0.15) is 24.4 Å². The van der Waals surface area contributed by atoms with Gasteiger partial charge in [0.25, 0.3) is 0 Å². The predicted octanol–water partition coefficient (Wildman–Crippen LogP) is 2.15. The molecule has 0 bridgehead atoms. The minimum atomic E-state index is -1.08. The Labute approximate surface area is 126 Å². The summed E-state index contributed by atoms with van der Waals surface area (Å²) in [5, 5.41) is 11.5. The molecule has 114 valence electrons. The van der Waals surface area contributed by atoms with Crippen molar-refractivity contribution in [1.29, 1.82) is 0 Å². The molecule has 1 aliphatic heterocycles. The molecular weight excluding hydrogens is 301 g/mol. The van der Waals surface area contributed by atoms with Crippen LogP contribution in [0.4, 0.5) is 4.39 Å². The molecule has 0 unspecified atom stereocenters. The van der Waals surface area contributed by atoms with Crippen LogP contribution in [-0.4, -0.2) is 30.2 Å². The number of amides is 1. The van der Waals surface area contributed by atoms with Gasteiger partial charge in [0.2, 0.25) is 5.91 Å². The highest BCUT2D eigenvalue weighted by atomic mass is 35.5. The molecule has 1 fully saturated rings. The van der Waals surface area contributed by atoms with E-state index >= 15 is 0 Å². The molecule has 0 aromatic heterocycles. The Balaban J connectivity index is 2.14. The number of hydrogen-bond acceptors (Lipinski definition) is 3. The van der Waals surface area contributed by atoms with Gasteiger partial charge >= 0.3 is 5.97 Å². The fraction of sp³-hybridized carbons (Fsp3) is 0.429. The first kappa shape index (κ1) is 15.7. The molecule has 21 heavy (non-hydrogen) atoms. The molecule has 0 radical (unpaired) electrons. The second-order valence-corrected chi connectivity index (χ2v) is 5.30. The summed E-state index contributed by atoms with van der Waals surface area (Å²) in [6.07, 6.45) is 0.265. The molecule has 1 aromatic rings. The van der Waals surface area contributed by atoms with Crippen molar-refractivity contribution >= 4 is 23.5 Å². The molecule has 5 nitrogen and oxygen atoms in total. The van der Waals surface area contributed by atoms with Crippen molar-refractivity contribution in [2.45, 2.75) is 18.9 Å². The lowest BCUT2D eigenvalue weighted by Crippen LogP contribution is -2.35. The highest BCUT2D eigenvalue weighted by molar-refractivity contribution is 6.30. The minimum absolute atomic E-state index is 0.0525. The molecule has 0 aliphatic carbocycles. The van der Waals surface area contributed by atoms with Gasteiger partial charge in [0.15, 0.2) is 0 Å². The number of rotatable bonds is 5. The van der Waals surface area contributed by atoms with Crippen LogP contribution < -0.4 is 5.32 Å². The Bertz CT molecular complexity index is 546. The molecule has 1 heterocycles. The van der Waals surface area contributed by atoms with Gasteiger partial charge in [-0.3, -0.25) is 9.59 Å². The predicted molar refractivity (Wildman–Crippen MR) is 73.5 cm³/mol. The van der Waals surface area contributed by atoms with Crippen LogP contribution in [0.3, 0.4) is 0 Å². The van der Waals surface area contributed by atoms with Crippen molar-refractivity contribution < 1.29 is 23.8 Å². The van der Waals surface area contributed by atoms with Gasteiger partial charge in [-0.25, -0.2) is 4.39 Å². The van der Waals surface area contributed by atoms with Crippen molar-refractivity contribution in [2.24, 2.45) is 5.92 Å². The monoisotopic (exact) mass is 315 g/mol. The van der Waals surface area contributed by atoms with Crippen molar-refractivity contribution in [3.63, 3.8) is 0 Å². The van der Waals surface area contributed by atoms with Gasteiger partial charge in [-0.1, -0.05) is 17.7 Å². The van der Waals surface area contributed by atoms with Gasteiger partial charge in [-0.2, -0.15) is 0 Å². The lowest BCUT2D eigenvalue weighted by atomic mass is 10.0. The summed E-state index contributed by atoms with van der Waals surface area (Å²) < 4.78 is 18.6. The molecule has 1 amide bonds. The molecule has 7 heteroatoms. The maximum absolute atomic E-state index is 13.5. The Hall–Kier alpha value is -1.66. The summed E-state index contributed by atoms with van der Waals surface area (Å²) in [4.78, 5) is 23.0. The Morgan fingerprint density at radius 3 is 2.86 bits per heavy atom. The van der Waals surface area contributed by atoms with Crippen molar-refractivity contribution in [3.05, 3.63) is 34.6 Å². The number of carboxylic acids is 1. The van der Waals surface area contributed by atoms with Crippen LogP contribution in [0.2, 0.25) is 5.02 Å². The average Bonchev–Trinajstić information content (AvgIpc) is 2.94. The van der Waals surface area contributed by atoms with Gasteiger partial charge in [-0.15, -0.1) is 0 Å². The van der Waals surface area contributed by atoms with Crippen LogP contribution in [0, 0.1) is 11.7 Å². The van der Waals surface area contributed by atoms with Crippen molar-refractivity contribution in [2.75, 3.05) is 13.2 Å². The first-order chi connectivity index (χ1) is 9.97. The molecule has 2 atom stereocenters. The van der Waals surface area contributed by atoms with Crippen LogP contribution in [0.5, 0.6) is 0 Å². The van der Waals surface area contributed by atoms with Crippen LogP contribution >= 0.6 is 11.6 Å². The van der Waals surface area contributed by atoms with E-state index in [1.807, 2.05) is 0 Å². The van der Waals surface area contributed by atoms with Crippen molar-refractivity contribution in [1.82, 2.24) is 5.32 Å². The van der Waals surface area contributed by atoms with Gasteiger partial charge in [0.1, 0.15) is 5.82 Å². The van der Waals surface area contributed by atoms with Gasteiger partial charge < -0.3 is 15.2 Å². The summed E-state index contributed by atoms with van der Waals surface area (Å²) in [5.41, 5.74) is 0.367. The van der Waals surface area contributed by atoms with Crippen LogP contribution in [0.15, 0.2) is 18.2 Å². The zero-order valence-corrected chi connectivity index (χ0v) is 11.9. The average molecular weight is 316 g/mol. The number of aliphatic carboxylic acids is 1. The summed E-state index contributed by atoms with van der Waals surface area (Å²) >= 11 is 5.61. The Morgan fingerprint density at radius 1 is 1.52 bits per heavy atom. The van der Waals surface area contributed by atoms with E-state index in [0.29, 0.717) is 25.2 Å². The molecule has 2 N–H and O–H groups in total. The van der Waals surface area contributed by atoms with E-state index in [-0.39, 0.29) is 23.3 Å². The van der Waals surface area contributed by atoms with Gasteiger partial charge in [-0.05, 0) is 24.1 Å². The molecule has 1 saturated heterocycles. The SMILES string of the molecule is O=C(O)C[C@@H](NC(=O)[C@@H]1CCOC1)c1ccc(Cl)c(F)c1. The number of carbonyl (C=O) groups is 2. The quantitative estimate of drug-likeness (QED) is 0.873. The number of ether oxygens (including phenoxy) is 1. The molecule has 0 spiro atoms. The highest BCUT2D eigenvalue weighted by Gasteiger charge is 2.27. The summed E-state index contributed by atoms with van der Waals surface area (Å²) in [6.45, 7) is 0.831. The number of benzene rings is 1. The second-order valence-electron chi connectivity index (χ2n) is 4.89. The number of carbonyl (C=O) groups excluding carboxylic acids is 1. The minimum Gasteiger partial charge on any atom is -0.481 e. The summed E-state index contributed by atoms with van der Waals surface area (Å²) in [6, 6.07) is 3.18. The third-order valence-electron chi connectivity index (χ3n) is 3.34. The zero-order chi connectivity index (χ0) is 15.4.